The Balaban J connectivity index is 1.90. The van der Waals surface area contributed by atoms with Gasteiger partial charge in [0.1, 0.15) is 6.04 Å². The second kappa shape index (κ2) is 7.03. The van der Waals surface area contributed by atoms with Crippen molar-refractivity contribution in [3.63, 3.8) is 0 Å². The van der Waals surface area contributed by atoms with E-state index in [1.165, 1.54) is 0 Å². The van der Waals surface area contributed by atoms with Crippen molar-refractivity contribution < 1.29 is 9.90 Å². The number of rotatable bonds is 7. The predicted molar refractivity (Wildman–Crippen MR) is 84.0 cm³/mol. The maximum absolute atomic E-state index is 11.1. The molecule has 0 heterocycles. The molecule has 1 aliphatic carbocycles. The number of nitrogens with zero attached hydrogens (tertiary/aromatic N) is 1. The van der Waals surface area contributed by atoms with Crippen LogP contribution in [0.4, 0.5) is 0 Å². The van der Waals surface area contributed by atoms with Gasteiger partial charge in [-0.3, -0.25) is 9.69 Å². The van der Waals surface area contributed by atoms with Crippen LogP contribution in [0.25, 0.3) is 0 Å². The van der Waals surface area contributed by atoms with Gasteiger partial charge in [-0.25, -0.2) is 0 Å². The highest BCUT2D eigenvalue weighted by Crippen LogP contribution is 2.32. The molecule has 0 bridgehead atoms. The summed E-state index contributed by atoms with van der Waals surface area (Å²) in [5, 5.41) is 10.5. The summed E-state index contributed by atoms with van der Waals surface area (Å²) in [6.07, 6.45) is 2.19. The van der Waals surface area contributed by atoms with Gasteiger partial charge in [-0.15, -0.1) is 11.8 Å². The van der Waals surface area contributed by atoms with E-state index in [2.05, 4.69) is 4.90 Å². The number of halogens is 2. The van der Waals surface area contributed by atoms with E-state index in [-0.39, 0.29) is 0 Å². The van der Waals surface area contributed by atoms with Gasteiger partial charge in [0.15, 0.2) is 0 Å². The molecule has 0 saturated heterocycles. The molecule has 6 heteroatoms. The fourth-order valence-electron chi connectivity index (χ4n) is 2.09. The third-order valence-corrected chi connectivity index (χ3v) is 5.08. The fraction of sp³-hybridized carbons (Fsp3) is 0.500. The molecule has 0 spiro atoms. The van der Waals surface area contributed by atoms with Crippen LogP contribution in [0, 0.1) is 0 Å². The minimum Gasteiger partial charge on any atom is -0.480 e. The molecule has 1 N–H and O–H groups in total. The number of aliphatic carboxylic acids is 1. The zero-order valence-electron chi connectivity index (χ0n) is 11.2. The topological polar surface area (TPSA) is 40.5 Å². The van der Waals surface area contributed by atoms with E-state index in [4.69, 9.17) is 28.3 Å². The molecule has 0 aromatic heterocycles. The molecule has 0 amide bonds. The van der Waals surface area contributed by atoms with Crippen LogP contribution in [0.3, 0.4) is 0 Å². The fourth-order valence-corrected chi connectivity index (χ4v) is 3.55. The lowest BCUT2D eigenvalue weighted by Gasteiger charge is -2.25. The van der Waals surface area contributed by atoms with Crippen LogP contribution in [-0.4, -0.2) is 40.4 Å². The normalized spacial score (nSPS) is 16.4. The predicted octanol–water partition coefficient (Wildman–Crippen LogP) is 4.02. The van der Waals surface area contributed by atoms with Gasteiger partial charge >= 0.3 is 5.97 Å². The molecule has 0 radical (unpaired) electrons. The van der Waals surface area contributed by atoms with Crippen molar-refractivity contribution in [2.45, 2.75) is 36.7 Å². The molecule has 1 fully saturated rings. The van der Waals surface area contributed by atoms with Crippen molar-refractivity contribution in [1.82, 2.24) is 4.90 Å². The lowest BCUT2D eigenvalue weighted by atomic mass is 10.3. The van der Waals surface area contributed by atoms with E-state index in [9.17, 15) is 4.79 Å². The number of carboxylic acids is 1. The smallest absolute Gasteiger partial charge is 0.320 e. The molecule has 1 aliphatic rings. The summed E-state index contributed by atoms with van der Waals surface area (Å²) < 4.78 is 0. The van der Waals surface area contributed by atoms with Crippen molar-refractivity contribution in [2.24, 2.45) is 0 Å². The SMILES string of the molecule is CC(C(=O)O)N(CCSc1cc(Cl)ccc1Cl)C1CC1. The summed E-state index contributed by atoms with van der Waals surface area (Å²) in [6.45, 7) is 2.49. The van der Waals surface area contributed by atoms with Gasteiger partial charge in [-0.05, 0) is 38.0 Å². The standard InChI is InChI=1S/C14H17Cl2NO2S/c1-9(14(18)19)17(11-3-4-11)6-7-20-13-8-10(15)2-5-12(13)16/h2,5,8-9,11H,3-4,6-7H2,1H3,(H,18,19). The highest BCUT2D eigenvalue weighted by Gasteiger charge is 2.34. The van der Waals surface area contributed by atoms with Crippen LogP contribution in [-0.2, 0) is 4.79 Å². The largest absolute Gasteiger partial charge is 0.480 e. The molecule has 3 nitrogen and oxygen atoms in total. The van der Waals surface area contributed by atoms with Crippen molar-refractivity contribution >= 4 is 40.9 Å². The quantitative estimate of drug-likeness (QED) is 0.765. The third-order valence-electron chi connectivity index (χ3n) is 3.37. The second-order valence-electron chi connectivity index (χ2n) is 4.91. The Labute approximate surface area is 133 Å². The Kier molecular flexibility index (Phi) is 5.61. The van der Waals surface area contributed by atoms with Crippen LogP contribution >= 0.6 is 35.0 Å². The maximum atomic E-state index is 11.1. The van der Waals surface area contributed by atoms with Gasteiger partial charge < -0.3 is 5.11 Å². The Morgan fingerprint density at radius 1 is 1.50 bits per heavy atom. The summed E-state index contributed by atoms with van der Waals surface area (Å²) in [7, 11) is 0. The summed E-state index contributed by atoms with van der Waals surface area (Å²) in [5.74, 6) is 0.0384. The summed E-state index contributed by atoms with van der Waals surface area (Å²) in [6, 6.07) is 5.38. The summed E-state index contributed by atoms with van der Waals surface area (Å²) in [5.41, 5.74) is 0. The van der Waals surface area contributed by atoms with Gasteiger partial charge in [-0.1, -0.05) is 23.2 Å². The molecule has 0 aliphatic heterocycles. The number of benzene rings is 1. The Morgan fingerprint density at radius 3 is 2.80 bits per heavy atom. The van der Waals surface area contributed by atoms with E-state index < -0.39 is 12.0 Å². The Bertz CT molecular complexity index is 494. The van der Waals surface area contributed by atoms with E-state index in [0.717, 1.165) is 30.0 Å². The van der Waals surface area contributed by atoms with Crippen molar-refractivity contribution in [3.05, 3.63) is 28.2 Å². The van der Waals surface area contributed by atoms with Crippen LogP contribution in [0.5, 0.6) is 0 Å². The number of carbonyl (C=O) groups is 1. The lowest BCUT2D eigenvalue weighted by Crippen LogP contribution is -2.41. The number of carboxylic acid groups (broad SMARTS) is 1. The molecule has 1 unspecified atom stereocenters. The van der Waals surface area contributed by atoms with Crippen molar-refractivity contribution in [2.75, 3.05) is 12.3 Å². The first-order valence-corrected chi connectivity index (χ1v) is 8.29. The zero-order valence-corrected chi connectivity index (χ0v) is 13.5. The van der Waals surface area contributed by atoms with E-state index >= 15 is 0 Å². The van der Waals surface area contributed by atoms with Crippen LogP contribution in [0.15, 0.2) is 23.1 Å². The highest BCUT2D eigenvalue weighted by atomic mass is 35.5. The van der Waals surface area contributed by atoms with E-state index in [0.29, 0.717) is 16.1 Å². The maximum Gasteiger partial charge on any atom is 0.320 e. The second-order valence-corrected chi connectivity index (χ2v) is 6.89. The first-order valence-electron chi connectivity index (χ1n) is 6.55. The molecular formula is C14H17Cl2NO2S. The summed E-state index contributed by atoms with van der Waals surface area (Å²) in [4.78, 5) is 14.1. The minimum absolute atomic E-state index is 0.427. The highest BCUT2D eigenvalue weighted by molar-refractivity contribution is 7.99. The zero-order chi connectivity index (χ0) is 14.7. The van der Waals surface area contributed by atoms with E-state index in [1.807, 2.05) is 6.07 Å². The molecule has 2 rings (SSSR count). The van der Waals surface area contributed by atoms with Gasteiger partial charge in [0, 0.05) is 28.3 Å². The lowest BCUT2D eigenvalue weighted by molar-refractivity contribution is -0.142. The van der Waals surface area contributed by atoms with Crippen LogP contribution < -0.4 is 0 Å². The molecule has 20 heavy (non-hydrogen) atoms. The van der Waals surface area contributed by atoms with Gasteiger partial charge in [-0.2, -0.15) is 0 Å². The van der Waals surface area contributed by atoms with Gasteiger partial charge in [0.05, 0.1) is 5.02 Å². The molecular weight excluding hydrogens is 317 g/mol. The summed E-state index contributed by atoms with van der Waals surface area (Å²) >= 11 is 13.7. The number of hydrogen-bond donors (Lipinski definition) is 1. The molecule has 1 saturated carbocycles. The van der Waals surface area contributed by atoms with E-state index in [1.54, 1.807) is 30.8 Å². The van der Waals surface area contributed by atoms with Crippen molar-refractivity contribution in [3.8, 4) is 0 Å². The van der Waals surface area contributed by atoms with Crippen LogP contribution in [0.1, 0.15) is 19.8 Å². The third kappa shape index (κ3) is 4.29. The average molecular weight is 334 g/mol. The molecule has 1 atom stereocenters. The van der Waals surface area contributed by atoms with Crippen molar-refractivity contribution in [1.29, 1.82) is 0 Å². The molecule has 110 valence electrons. The number of thioether (sulfide) groups is 1. The molecule has 1 aromatic rings. The minimum atomic E-state index is -0.761. The number of hydrogen-bond acceptors (Lipinski definition) is 3. The Hall–Kier alpha value is -0.420. The van der Waals surface area contributed by atoms with Gasteiger partial charge in [0.25, 0.3) is 0 Å². The monoisotopic (exact) mass is 333 g/mol. The van der Waals surface area contributed by atoms with Gasteiger partial charge in [0.2, 0.25) is 0 Å². The first kappa shape index (κ1) is 16.0. The molecule has 1 aromatic carbocycles. The Morgan fingerprint density at radius 2 is 2.20 bits per heavy atom. The average Bonchev–Trinajstić information content (AvgIpc) is 3.22. The first-order chi connectivity index (χ1) is 9.49. The van der Waals surface area contributed by atoms with Crippen LogP contribution in [0.2, 0.25) is 10.0 Å².